The van der Waals surface area contributed by atoms with Gasteiger partial charge in [-0.2, -0.15) is 0 Å². The van der Waals surface area contributed by atoms with E-state index in [4.69, 9.17) is 13.8 Å². The van der Waals surface area contributed by atoms with Crippen LogP contribution >= 0.6 is 7.82 Å². The minimum absolute atomic E-state index is 0.0797. The summed E-state index contributed by atoms with van der Waals surface area (Å²) >= 11 is 0. The van der Waals surface area contributed by atoms with E-state index in [1.54, 1.807) is 0 Å². The number of amides is 1. The number of esters is 1. The number of allylic oxidation sites excluding steroid dienone is 2. The molecule has 0 aromatic carbocycles. The van der Waals surface area contributed by atoms with E-state index in [-0.39, 0.29) is 32.1 Å². The number of carbonyl (C=O) groups excluding carboxylic acids is 2. The highest BCUT2D eigenvalue weighted by molar-refractivity contribution is 7.47. The Morgan fingerprint density at radius 2 is 1.24 bits per heavy atom. The van der Waals surface area contributed by atoms with Gasteiger partial charge in [-0.05, 0) is 38.5 Å². The van der Waals surface area contributed by atoms with Gasteiger partial charge in [0, 0.05) is 19.4 Å². The fraction of sp³-hybridized carbons (Fsp3) is 0.871. The van der Waals surface area contributed by atoms with Gasteiger partial charge in [0.25, 0.3) is 0 Å². The third-order valence-corrected chi connectivity index (χ3v) is 7.68. The first-order valence-electron chi connectivity index (χ1n) is 16.2. The number of hydrogen-bond donors (Lipinski definition) is 3. The van der Waals surface area contributed by atoms with Crippen LogP contribution < -0.4 is 5.32 Å². The van der Waals surface area contributed by atoms with Crippen LogP contribution in [0.3, 0.4) is 0 Å². The van der Waals surface area contributed by atoms with Gasteiger partial charge in [-0.3, -0.25) is 18.6 Å². The molecule has 0 aromatic rings. The highest BCUT2D eigenvalue weighted by atomic mass is 31.2. The van der Waals surface area contributed by atoms with Crippen molar-refractivity contribution in [3.63, 3.8) is 0 Å². The van der Waals surface area contributed by atoms with Gasteiger partial charge in [-0.15, -0.1) is 0 Å². The molecule has 10 heteroatoms. The zero-order chi connectivity index (χ0) is 30.4. The van der Waals surface area contributed by atoms with Crippen LogP contribution in [-0.4, -0.2) is 54.3 Å². The summed E-state index contributed by atoms with van der Waals surface area (Å²) < 4.78 is 26.5. The first kappa shape index (κ1) is 39.8. The number of phosphoric acid groups is 1. The third kappa shape index (κ3) is 30.0. The Labute approximate surface area is 249 Å². The molecule has 242 valence electrons. The quantitative estimate of drug-likeness (QED) is 0.0331. The molecular formula is C31H60NO8P. The van der Waals surface area contributed by atoms with Gasteiger partial charge in [-0.1, -0.05) is 103 Å². The van der Waals surface area contributed by atoms with Gasteiger partial charge in [0.05, 0.1) is 13.2 Å². The number of nitrogens with one attached hydrogen (secondary N) is 1. The zero-order valence-electron chi connectivity index (χ0n) is 26.0. The van der Waals surface area contributed by atoms with Crippen LogP contribution in [0.2, 0.25) is 0 Å². The van der Waals surface area contributed by atoms with Crippen molar-refractivity contribution in [3.05, 3.63) is 12.2 Å². The van der Waals surface area contributed by atoms with Crippen LogP contribution in [0.5, 0.6) is 0 Å². The lowest BCUT2D eigenvalue weighted by molar-refractivity contribution is -0.147. The number of carbonyl (C=O) groups is 2. The second-order valence-corrected chi connectivity index (χ2v) is 12.2. The summed E-state index contributed by atoms with van der Waals surface area (Å²) in [6.45, 7) is 3.43. The van der Waals surface area contributed by atoms with Gasteiger partial charge in [0.1, 0.15) is 12.7 Å². The summed E-state index contributed by atoms with van der Waals surface area (Å²) in [6.07, 6.45) is 24.6. The average Bonchev–Trinajstić information content (AvgIpc) is 2.95. The van der Waals surface area contributed by atoms with Crippen molar-refractivity contribution in [2.75, 3.05) is 26.4 Å². The minimum atomic E-state index is -4.39. The highest BCUT2D eigenvalue weighted by Gasteiger charge is 2.23. The minimum Gasteiger partial charge on any atom is -0.463 e. The van der Waals surface area contributed by atoms with E-state index in [1.807, 2.05) is 0 Å². The Morgan fingerprint density at radius 1 is 0.732 bits per heavy atom. The molecule has 0 rings (SSSR count). The van der Waals surface area contributed by atoms with E-state index in [9.17, 15) is 24.2 Å². The lowest BCUT2D eigenvalue weighted by atomic mass is 10.1. The number of aliphatic hydroxyl groups is 1. The van der Waals surface area contributed by atoms with E-state index in [0.29, 0.717) is 6.42 Å². The van der Waals surface area contributed by atoms with Gasteiger partial charge in [0.15, 0.2) is 0 Å². The molecule has 41 heavy (non-hydrogen) atoms. The summed E-state index contributed by atoms with van der Waals surface area (Å²) in [5.41, 5.74) is 0. The predicted octanol–water partition coefficient (Wildman–Crippen LogP) is 7.54. The molecule has 0 radical (unpaired) electrons. The highest BCUT2D eigenvalue weighted by Crippen LogP contribution is 2.42. The standard InChI is InChI=1S/C31H60NO8P/c1-3-5-7-9-11-12-13-14-15-16-17-18-19-21-23-30(34)32-25-26-39-41(36,37)40-28-29(33)27-38-31(35)24-22-20-10-8-6-4-2/h13-14,29,33H,3-12,15-28H2,1-2H3,(H,32,34)(H,36,37)/b14-13-. The summed E-state index contributed by atoms with van der Waals surface area (Å²) in [5.74, 6) is -0.535. The number of aliphatic hydroxyl groups excluding tert-OH is 1. The van der Waals surface area contributed by atoms with Crippen molar-refractivity contribution in [2.24, 2.45) is 0 Å². The lowest BCUT2D eigenvalue weighted by Gasteiger charge is -2.15. The van der Waals surface area contributed by atoms with Crippen LogP contribution in [0.15, 0.2) is 12.2 Å². The SMILES string of the molecule is CCCCCCC/C=C\CCCCCCCC(=O)NCCOP(=O)(O)OCC(O)COC(=O)CCCCCCCC. The number of rotatable bonds is 30. The molecule has 0 bridgehead atoms. The number of phosphoric ester groups is 1. The fourth-order valence-electron chi connectivity index (χ4n) is 4.20. The molecule has 0 fully saturated rings. The Balaban J connectivity index is 3.64. The monoisotopic (exact) mass is 605 g/mol. The maximum atomic E-state index is 11.9. The third-order valence-electron chi connectivity index (χ3n) is 6.70. The molecule has 1 amide bonds. The Kier molecular flexibility index (Phi) is 28.0. The molecule has 0 aliphatic rings. The van der Waals surface area contributed by atoms with Crippen LogP contribution in [0.25, 0.3) is 0 Å². The summed E-state index contributed by atoms with van der Waals surface area (Å²) in [6, 6.07) is 0. The zero-order valence-corrected chi connectivity index (χ0v) is 26.9. The van der Waals surface area contributed by atoms with Crippen LogP contribution in [0.4, 0.5) is 0 Å². The largest absolute Gasteiger partial charge is 0.472 e. The molecule has 3 N–H and O–H groups in total. The van der Waals surface area contributed by atoms with E-state index in [2.05, 4.69) is 31.3 Å². The van der Waals surface area contributed by atoms with Crippen molar-refractivity contribution >= 4 is 19.7 Å². The Hall–Kier alpha value is -1.25. The van der Waals surface area contributed by atoms with Crippen molar-refractivity contribution in [1.29, 1.82) is 0 Å². The number of ether oxygens (including phenoxy) is 1. The predicted molar refractivity (Wildman–Crippen MR) is 165 cm³/mol. The number of hydrogen-bond acceptors (Lipinski definition) is 7. The van der Waals surface area contributed by atoms with Crippen molar-refractivity contribution in [1.82, 2.24) is 5.32 Å². The topological polar surface area (TPSA) is 131 Å². The summed E-state index contributed by atoms with van der Waals surface area (Å²) in [4.78, 5) is 33.4. The normalized spacial score (nSPS) is 13.8. The van der Waals surface area contributed by atoms with Crippen LogP contribution in [-0.2, 0) is 27.9 Å². The van der Waals surface area contributed by atoms with Crippen LogP contribution in [0.1, 0.15) is 142 Å². The molecule has 0 saturated carbocycles. The van der Waals surface area contributed by atoms with Crippen molar-refractivity contribution in [2.45, 2.75) is 148 Å². The van der Waals surface area contributed by atoms with E-state index >= 15 is 0 Å². The Morgan fingerprint density at radius 3 is 1.83 bits per heavy atom. The van der Waals surface area contributed by atoms with Gasteiger partial charge >= 0.3 is 13.8 Å². The molecule has 9 nitrogen and oxygen atoms in total. The fourth-order valence-corrected chi connectivity index (χ4v) is 4.95. The molecule has 0 spiro atoms. The number of unbranched alkanes of at least 4 members (excludes halogenated alkanes) is 15. The van der Waals surface area contributed by atoms with E-state index in [0.717, 1.165) is 51.4 Å². The molecule has 2 atom stereocenters. The summed E-state index contributed by atoms with van der Waals surface area (Å²) in [7, 11) is -4.39. The smallest absolute Gasteiger partial charge is 0.463 e. The Bertz CT molecular complexity index is 704. The maximum Gasteiger partial charge on any atom is 0.472 e. The van der Waals surface area contributed by atoms with Gasteiger partial charge < -0.3 is 20.1 Å². The maximum absolute atomic E-state index is 11.9. The molecule has 0 aliphatic carbocycles. The van der Waals surface area contributed by atoms with Gasteiger partial charge in [-0.25, -0.2) is 4.57 Å². The lowest BCUT2D eigenvalue weighted by Crippen LogP contribution is -2.27. The first-order chi connectivity index (χ1) is 19.8. The molecule has 0 saturated heterocycles. The second-order valence-electron chi connectivity index (χ2n) is 10.8. The molecular weight excluding hydrogens is 545 g/mol. The second kappa shape index (κ2) is 28.9. The molecule has 2 unspecified atom stereocenters. The van der Waals surface area contributed by atoms with Gasteiger partial charge in [0.2, 0.25) is 5.91 Å². The van der Waals surface area contributed by atoms with Crippen molar-refractivity contribution in [3.8, 4) is 0 Å². The van der Waals surface area contributed by atoms with E-state index in [1.165, 1.54) is 64.2 Å². The summed E-state index contributed by atoms with van der Waals surface area (Å²) in [5, 5.41) is 12.5. The van der Waals surface area contributed by atoms with Crippen molar-refractivity contribution < 1.29 is 37.9 Å². The molecule has 0 heterocycles. The average molecular weight is 606 g/mol. The first-order valence-corrected chi connectivity index (χ1v) is 17.7. The van der Waals surface area contributed by atoms with E-state index < -0.39 is 26.5 Å². The molecule has 0 aromatic heterocycles. The van der Waals surface area contributed by atoms with Crippen LogP contribution in [0, 0.1) is 0 Å². The molecule has 0 aliphatic heterocycles.